The van der Waals surface area contributed by atoms with Crippen LogP contribution >= 0.6 is 34.5 Å². The summed E-state index contributed by atoms with van der Waals surface area (Å²) in [5, 5.41) is 5.07. The number of anilines is 2. The summed E-state index contributed by atoms with van der Waals surface area (Å²) in [5.74, 6) is 1.26. The van der Waals surface area contributed by atoms with Crippen molar-refractivity contribution in [1.29, 1.82) is 0 Å². The molecule has 0 aliphatic rings. The second-order valence-electron chi connectivity index (χ2n) is 5.87. The highest BCUT2D eigenvalue weighted by Crippen LogP contribution is 2.40. The summed E-state index contributed by atoms with van der Waals surface area (Å²) >= 11 is 14.1. The van der Waals surface area contributed by atoms with Gasteiger partial charge in [0.15, 0.2) is 5.82 Å². The molecule has 27 heavy (non-hydrogen) atoms. The molecule has 9 heteroatoms. The second-order valence-corrected chi connectivity index (χ2v) is 7.68. The quantitative estimate of drug-likeness (QED) is 0.473. The van der Waals surface area contributed by atoms with Gasteiger partial charge >= 0.3 is 0 Å². The van der Waals surface area contributed by atoms with Crippen molar-refractivity contribution in [2.75, 3.05) is 5.32 Å². The van der Waals surface area contributed by atoms with Gasteiger partial charge in [-0.2, -0.15) is 0 Å². The molecule has 136 valence electrons. The van der Waals surface area contributed by atoms with Gasteiger partial charge in [-0.25, -0.2) is 19.9 Å². The average Bonchev–Trinajstić information content (AvgIpc) is 3.06. The van der Waals surface area contributed by atoms with E-state index in [1.54, 1.807) is 30.5 Å². The highest BCUT2D eigenvalue weighted by Gasteiger charge is 2.16. The molecule has 0 saturated heterocycles. The number of aromatic nitrogens is 4. The van der Waals surface area contributed by atoms with E-state index in [-0.39, 0.29) is 6.04 Å². The summed E-state index contributed by atoms with van der Waals surface area (Å²) in [6.07, 6.45) is 3.17. The number of nitrogens with zero attached hydrogens (tertiary/aromatic N) is 4. The Morgan fingerprint density at radius 2 is 1.89 bits per heavy atom. The first-order valence-electron chi connectivity index (χ1n) is 8.07. The van der Waals surface area contributed by atoms with Crippen LogP contribution in [0, 0.1) is 0 Å². The first kappa shape index (κ1) is 18.1. The molecule has 1 atom stereocenters. The third kappa shape index (κ3) is 3.59. The zero-order chi connectivity index (χ0) is 19.0. The Hall–Kier alpha value is -2.32. The summed E-state index contributed by atoms with van der Waals surface area (Å²) in [7, 11) is 0. The first-order chi connectivity index (χ1) is 13.0. The van der Waals surface area contributed by atoms with Gasteiger partial charge in [0.05, 0.1) is 26.0 Å². The zero-order valence-corrected chi connectivity index (χ0v) is 16.5. The second kappa shape index (κ2) is 7.36. The fourth-order valence-electron chi connectivity index (χ4n) is 2.56. The van der Waals surface area contributed by atoms with Crippen molar-refractivity contribution in [3.63, 3.8) is 0 Å². The normalized spacial score (nSPS) is 12.3. The molecule has 4 aromatic rings. The first-order valence-corrected chi connectivity index (χ1v) is 9.64. The van der Waals surface area contributed by atoms with Crippen molar-refractivity contribution in [3.8, 4) is 10.6 Å². The van der Waals surface area contributed by atoms with Crippen LogP contribution in [-0.4, -0.2) is 19.9 Å². The van der Waals surface area contributed by atoms with Gasteiger partial charge in [0.2, 0.25) is 0 Å². The highest BCUT2D eigenvalue weighted by molar-refractivity contribution is 7.22. The molecule has 6 nitrogen and oxygen atoms in total. The fourth-order valence-corrected chi connectivity index (χ4v) is 4.33. The minimum Gasteiger partial charge on any atom is -0.324 e. The molecule has 1 aromatic carbocycles. The van der Waals surface area contributed by atoms with E-state index < -0.39 is 0 Å². The number of pyridine rings is 1. The largest absolute Gasteiger partial charge is 0.324 e. The summed E-state index contributed by atoms with van der Waals surface area (Å²) in [5.41, 5.74) is 8.15. The molecule has 0 radical (unpaired) electrons. The maximum absolute atomic E-state index is 6.33. The summed E-state index contributed by atoms with van der Waals surface area (Å²) in [6.45, 7) is 1.87. The van der Waals surface area contributed by atoms with Crippen LogP contribution in [0.3, 0.4) is 0 Å². The molecule has 0 aliphatic heterocycles. The number of benzene rings is 1. The van der Waals surface area contributed by atoms with Crippen LogP contribution in [0.15, 0.2) is 42.9 Å². The Balaban J connectivity index is 1.77. The number of rotatable bonds is 4. The molecule has 0 fully saturated rings. The monoisotopic (exact) mass is 416 g/mol. The standard InChI is InChI=1S/C18H14Cl2N6S/c1-9(21)13-7-14(24-8-23-13)26-17-16-12(5-6-22-17)25-18(27-16)15-10(19)3-2-4-11(15)20/h2-9H,21H2,1H3,(H,22,23,24,26)/t9-/m0/s1. The van der Waals surface area contributed by atoms with E-state index in [4.69, 9.17) is 28.9 Å². The van der Waals surface area contributed by atoms with Gasteiger partial charge in [-0.3, -0.25) is 0 Å². The lowest BCUT2D eigenvalue weighted by molar-refractivity contribution is 0.775. The fraction of sp³-hybridized carbons (Fsp3) is 0.111. The molecule has 0 saturated carbocycles. The maximum Gasteiger partial charge on any atom is 0.151 e. The minimum atomic E-state index is -0.185. The van der Waals surface area contributed by atoms with Crippen molar-refractivity contribution < 1.29 is 0 Å². The lowest BCUT2D eigenvalue weighted by Gasteiger charge is -2.08. The van der Waals surface area contributed by atoms with Gasteiger partial charge in [0.25, 0.3) is 0 Å². The average molecular weight is 417 g/mol. The van der Waals surface area contributed by atoms with Crippen molar-refractivity contribution in [3.05, 3.63) is 58.6 Å². The Kier molecular flexibility index (Phi) is 4.92. The van der Waals surface area contributed by atoms with E-state index in [1.807, 2.05) is 13.0 Å². The zero-order valence-electron chi connectivity index (χ0n) is 14.1. The third-order valence-corrected chi connectivity index (χ3v) is 5.61. The lowest BCUT2D eigenvalue weighted by Crippen LogP contribution is -2.08. The molecule has 3 aromatic heterocycles. The molecule has 3 N–H and O–H groups in total. The SMILES string of the molecule is C[C@H](N)c1cc(Nc2nccc3nc(-c4c(Cl)cccc4Cl)sc23)ncn1. The lowest BCUT2D eigenvalue weighted by atomic mass is 10.2. The van der Waals surface area contributed by atoms with Gasteiger partial charge in [0, 0.05) is 23.9 Å². The molecule has 0 unspecified atom stereocenters. The van der Waals surface area contributed by atoms with E-state index in [0.29, 0.717) is 27.2 Å². The number of nitrogens with two attached hydrogens (primary N) is 1. The minimum absolute atomic E-state index is 0.185. The number of halogens is 2. The summed E-state index contributed by atoms with van der Waals surface area (Å²) < 4.78 is 0.879. The Labute approximate surface area is 169 Å². The Bertz CT molecular complexity index is 1110. The van der Waals surface area contributed by atoms with Gasteiger partial charge < -0.3 is 11.1 Å². The van der Waals surface area contributed by atoms with E-state index in [1.165, 1.54) is 17.7 Å². The molecular formula is C18H14Cl2N6S. The molecule has 3 heterocycles. The molecule has 4 rings (SSSR count). The van der Waals surface area contributed by atoms with E-state index in [2.05, 4.69) is 25.3 Å². The highest BCUT2D eigenvalue weighted by atomic mass is 35.5. The Morgan fingerprint density at radius 3 is 2.63 bits per heavy atom. The van der Waals surface area contributed by atoms with Crippen molar-refractivity contribution in [1.82, 2.24) is 19.9 Å². The van der Waals surface area contributed by atoms with Crippen LogP contribution in [0.1, 0.15) is 18.7 Å². The molecular weight excluding hydrogens is 403 g/mol. The summed E-state index contributed by atoms with van der Waals surface area (Å²) in [6, 6.07) is 8.86. The smallest absolute Gasteiger partial charge is 0.151 e. The van der Waals surface area contributed by atoms with Crippen LogP contribution in [0.4, 0.5) is 11.6 Å². The number of thiazole rings is 1. The van der Waals surface area contributed by atoms with Crippen molar-refractivity contribution in [2.24, 2.45) is 5.73 Å². The maximum atomic E-state index is 6.33. The number of fused-ring (bicyclic) bond motifs is 1. The third-order valence-electron chi connectivity index (χ3n) is 3.88. The molecule has 0 spiro atoms. The molecule has 0 bridgehead atoms. The van der Waals surface area contributed by atoms with E-state index >= 15 is 0 Å². The van der Waals surface area contributed by atoms with E-state index in [0.717, 1.165) is 20.9 Å². The topological polar surface area (TPSA) is 89.6 Å². The van der Waals surface area contributed by atoms with Crippen molar-refractivity contribution >= 4 is 56.4 Å². The van der Waals surface area contributed by atoms with Crippen molar-refractivity contribution in [2.45, 2.75) is 13.0 Å². The number of hydrogen-bond acceptors (Lipinski definition) is 7. The van der Waals surface area contributed by atoms with Crippen LogP contribution in [0.5, 0.6) is 0 Å². The van der Waals surface area contributed by atoms with E-state index in [9.17, 15) is 0 Å². The van der Waals surface area contributed by atoms with Gasteiger partial charge in [-0.05, 0) is 25.1 Å². The predicted octanol–water partition coefficient (Wildman–Crippen LogP) is 5.22. The summed E-state index contributed by atoms with van der Waals surface area (Å²) in [4.78, 5) is 17.5. The van der Waals surface area contributed by atoms with Crippen LogP contribution in [0.25, 0.3) is 20.8 Å². The van der Waals surface area contributed by atoms with Crippen LogP contribution in [0.2, 0.25) is 10.0 Å². The Morgan fingerprint density at radius 1 is 1.11 bits per heavy atom. The predicted molar refractivity (Wildman–Crippen MR) is 111 cm³/mol. The van der Waals surface area contributed by atoms with Gasteiger partial charge in [-0.1, -0.05) is 29.3 Å². The number of nitrogens with one attached hydrogen (secondary N) is 1. The van der Waals surface area contributed by atoms with Crippen LogP contribution in [-0.2, 0) is 0 Å². The van der Waals surface area contributed by atoms with Gasteiger partial charge in [-0.15, -0.1) is 11.3 Å². The molecule has 0 amide bonds. The van der Waals surface area contributed by atoms with Crippen LogP contribution < -0.4 is 11.1 Å². The van der Waals surface area contributed by atoms with Gasteiger partial charge in [0.1, 0.15) is 17.2 Å². The molecule has 0 aliphatic carbocycles. The number of hydrogen-bond donors (Lipinski definition) is 2.